The summed E-state index contributed by atoms with van der Waals surface area (Å²) in [5.41, 5.74) is 1.11. The molecular formula is C11H18N2OS. The van der Waals surface area contributed by atoms with Gasteiger partial charge in [-0.1, -0.05) is 0 Å². The van der Waals surface area contributed by atoms with Crippen LogP contribution in [0.2, 0.25) is 0 Å². The summed E-state index contributed by atoms with van der Waals surface area (Å²) in [6.07, 6.45) is 1.94. The summed E-state index contributed by atoms with van der Waals surface area (Å²) in [5, 5.41) is 10.9. The maximum Gasteiger partial charge on any atom is 0.185 e. The van der Waals surface area contributed by atoms with Crippen LogP contribution < -0.4 is 4.90 Å². The van der Waals surface area contributed by atoms with Crippen LogP contribution in [0.3, 0.4) is 0 Å². The van der Waals surface area contributed by atoms with Crippen molar-refractivity contribution in [2.24, 2.45) is 0 Å². The van der Waals surface area contributed by atoms with Gasteiger partial charge in [-0.3, -0.25) is 0 Å². The van der Waals surface area contributed by atoms with Gasteiger partial charge in [0.1, 0.15) is 0 Å². The molecular weight excluding hydrogens is 208 g/mol. The van der Waals surface area contributed by atoms with Gasteiger partial charge in [-0.2, -0.15) is 0 Å². The lowest BCUT2D eigenvalue weighted by Gasteiger charge is -2.17. The van der Waals surface area contributed by atoms with Gasteiger partial charge in [0.2, 0.25) is 0 Å². The normalized spacial score (nSPS) is 20.1. The zero-order chi connectivity index (χ0) is 11.2. The number of hydrogen-bond donors (Lipinski definition) is 1. The van der Waals surface area contributed by atoms with E-state index in [1.807, 2.05) is 32.8 Å². The number of rotatable bonds is 3. The van der Waals surface area contributed by atoms with Crippen molar-refractivity contribution in [2.75, 3.05) is 19.0 Å². The van der Waals surface area contributed by atoms with Crippen molar-refractivity contribution in [3.05, 3.63) is 10.6 Å². The van der Waals surface area contributed by atoms with Crippen LogP contribution in [0, 0.1) is 6.92 Å². The Labute approximate surface area is 94.8 Å². The van der Waals surface area contributed by atoms with Crippen molar-refractivity contribution in [1.29, 1.82) is 0 Å². The lowest BCUT2D eigenvalue weighted by atomic mass is 9.97. The van der Waals surface area contributed by atoms with Crippen LogP contribution in [0.1, 0.15) is 30.3 Å². The highest BCUT2D eigenvalue weighted by atomic mass is 32.1. The maximum atomic E-state index is 9.83. The van der Waals surface area contributed by atoms with Crippen molar-refractivity contribution >= 4 is 16.5 Å². The Morgan fingerprint density at radius 1 is 1.47 bits per heavy atom. The number of hydrogen-bond acceptors (Lipinski definition) is 4. The van der Waals surface area contributed by atoms with Crippen molar-refractivity contribution in [2.45, 2.75) is 38.2 Å². The Morgan fingerprint density at radius 3 is 2.40 bits per heavy atom. The van der Waals surface area contributed by atoms with Gasteiger partial charge in [-0.25, -0.2) is 4.98 Å². The molecule has 1 fully saturated rings. The summed E-state index contributed by atoms with van der Waals surface area (Å²) in [7, 11) is 4.01. The number of aliphatic hydroxyl groups excluding tert-OH is 1. The summed E-state index contributed by atoms with van der Waals surface area (Å²) in [6.45, 7) is 3.93. The lowest BCUT2D eigenvalue weighted by Crippen LogP contribution is -2.22. The van der Waals surface area contributed by atoms with Gasteiger partial charge in [0, 0.05) is 24.4 Å². The van der Waals surface area contributed by atoms with Crippen molar-refractivity contribution in [1.82, 2.24) is 4.98 Å². The summed E-state index contributed by atoms with van der Waals surface area (Å²) < 4.78 is 0. The third-order valence-corrected chi connectivity index (χ3v) is 4.75. The molecule has 0 spiro atoms. The Morgan fingerprint density at radius 2 is 2.07 bits per heavy atom. The molecule has 1 aliphatic rings. The van der Waals surface area contributed by atoms with E-state index >= 15 is 0 Å². The van der Waals surface area contributed by atoms with Crippen molar-refractivity contribution in [3.8, 4) is 0 Å². The number of aliphatic hydroxyl groups is 1. The summed E-state index contributed by atoms with van der Waals surface area (Å²) >= 11 is 1.72. The molecule has 1 unspecified atom stereocenters. The molecule has 0 aromatic carbocycles. The summed E-state index contributed by atoms with van der Waals surface area (Å²) in [6, 6.07) is 0. The fraction of sp³-hybridized carbons (Fsp3) is 0.727. The molecule has 15 heavy (non-hydrogen) atoms. The Hall–Kier alpha value is -0.610. The van der Waals surface area contributed by atoms with Crippen LogP contribution in [0.5, 0.6) is 0 Å². The first-order chi connectivity index (χ1) is 6.97. The molecule has 2 rings (SSSR count). The predicted molar refractivity (Wildman–Crippen MR) is 63.8 cm³/mol. The van der Waals surface area contributed by atoms with Gasteiger partial charge in [-0.15, -0.1) is 11.3 Å². The van der Waals surface area contributed by atoms with Gasteiger partial charge in [0.05, 0.1) is 11.8 Å². The minimum atomic E-state index is -0.258. The summed E-state index contributed by atoms with van der Waals surface area (Å²) in [4.78, 5) is 7.84. The number of nitrogens with zero attached hydrogens (tertiary/aromatic N) is 2. The first-order valence-corrected chi connectivity index (χ1v) is 6.12. The first kappa shape index (κ1) is 10.9. The van der Waals surface area contributed by atoms with Crippen molar-refractivity contribution in [3.63, 3.8) is 0 Å². The van der Waals surface area contributed by atoms with E-state index in [4.69, 9.17) is 0 Å². The Balaban J connectivity index is 2.37. The predicted octanol–water partition coefficient (Wildman–Crippen LogP) is 1.93. The average molecular weight is 226 g/mol. The molecule has 0 bridgehead atoms. The van der Waals surface area contributed by atoms with E-state index in [0.29, 0.717) is 0 Å². The van der Waals surface area contributed by atoms with E-state index in [-0.39, 0.29) is 11.5 Å². The van der Waals surface area contributed by atoms with Crippen LogP contribution >= 0.6 is 11.3 Å². The van der Waals surface area contributed by atoms with Crippen LogP contribution in [0.4, 0.5) is 5.13 Å². The lowest BCUT2D eigenvalue weighted by molar-refractivity contribution is 0.152. The Kier molecular flexibility index (Phi) is 2.51. The van der Waals surface area contributed by atoms with E-state index in [1.165, 1.54) is 4.88 Å². The second kappa shape index (κ2) is 3.46. The number of aryl methyl sites for hydroxylation is 1. The van der Waals surface area contributed by atoms with E-state index in [1.54, 1.807) is 11.3 Å². The fourth-order valence-corrected chi connectivity index (χ4v) is 3.32. The Bertz CT molecular complexity index is 367. The van der Waals surface area contributed by atoms with Crippen LogP contribution in [0.15, 0.2) is 0 Å². The molecule has 1 N–H and O–H groups in total. The molecule has 84 valence electrons. The standard InChI is InChI=1S/C11H18N2OS/c1-7-9(11(5-6-11)8(2)14)15-10(12-7)13(3)4/h8,14H,5-6H2,1-4H3. The zero-order valence-corrected chi connectivity index (χ0v) is 10.6. The number of anilines is 1. The molecule has 4 heteroatoms. The van der Waals surface area contributed by atoms with Crippen LogP contribution in [0.25, 0.3) is 0 Å². The van der Waals surface area contributed by atoms with Gasteiger partial charge in [-0.05, 0) is 26.7 Å². The van der Waals surface area contributed by atoms with Gasteiger partial charge < -0.3 is 10.0 Å². The topological polar surface area (TPSA) is 36.4 Å². The van der Waals surface area contributed by atoms with Gasteiger partial charge >= 0.3 is 0 Å². The molecule has 3 nitrogen and oxygen atoms in total. The number of thiazole rings is 1. The second-order valence-corrected chi connectivity index (χ2v) is 5.62. The molecule has 1 aliphatic carbocycles. The smallest absolute Gasteiger partial charge is 0.185 e. The third-order valence-electron chi connectivity index (χ3n) is 3.21. The highest BCUT2D eigenvalue weighted by molar-refractivity contribution is 7.16. The molecule has 1 atom stereocenters. The molecule has 1 saturated carbocycles. The molecule has 0 radical (unpaired) electrons. The minimum absolute atomic E-state index is 0.0238. The largest absolute Gasteiger partial charge is 0.392 e. The quantitative estimate of drug-likeness (QED) is 0.855. The van der Waals surface area contributed by atoms with E-state index < -0.39 is 0 Å². The first-order valence-electron chi connectivity index (χ1n) is 5.30. The second-order valence-electron chi connectivity index (χ2n) is 4.64. The molecule has 0 amide bonds. The maximum absolute atomic E-state index is 9.83. The van der Waals surface area contributed by atoms with Crippen LogP contribution in [-0.2, 0) is 5.41 Å². The van der Waals surface area contributed by atoms with E-state index in [0.717, 1.165) is 23.7 Å². The molecule has 0 saturated heterocycles. The molecule has 1 heterocycles. The highest BCUT2D eigenvalue weighted by Crippen LogP contribution is 2.54. The summed E-state index contributed by atoms with van der Waals surface area (Å²) in [5.74, 6) is 0. The van der Waals surface area contributed by atoms with Gasteiger partial charge in [0.25, 0.3) is 0 Å². The minimum Gasteiger partial charge on any atom is -0.392 e. The van der Waals surface area contributed by atoms with Crippen molar-refractivity contribution < 1.29 is 5.11 Å². The monoisotopic (exact) mass is 226 g/mol. The SMILES string of the molecule is Cc1nc(N(C)C)sc1C1(C(C)O)CC1. The molecule has 0 aliphatic heterocycles. The van der Waals surface area contributed by atoms with E-state index in [9.17, 15) is 5.11 Å². The molecule has 1 aromatic rings. The number of aromatic nitrogens is 1. The van der Waals surface area contributed by atoms with E-state index in [2.05, 4.69) is 4.98 Å². The zero-order valence-electron chi connectivity index (χ0n) is 9.74. The fourth-order valence-electron chi connectivity index (χ4n) is 2.00. The highest BCUT2D eigenvalue weighted by Gasteiger charge is 2.50. The van der Waals surface area contributed by atoms with Gasteiger partial charge in [0.15, 0.2) is 5.13 Å². The molecule has 1 aromatic heterocycles. The van der Waals surface area contributed by atoms with Crippen LogP contribution in [-0.4, -0.2) is 30.3 Å². The average Bonchev–Trinajstić information content (AvgIpc) is 2.85. The third kappa shape index (κ3) is 1.66.